The number of rotatable bonds is 0. The normalized spacial score (nSPS) is 19.6. The SMILES string of the molecule is IC1c2ccccc2CCCCCSc2ccccc21. The maximum absolute atomic E-state index is 2.61. The molecule has 2 aromatic carbocycles. The highest BCUT2D eigenvalue weighted by Gasteiger charge is 2.17. The van der Waals surface area contributed by atoms with E-state index in [1.54, 1.807) is 0 Å². The summed E-state index contributed by atoms with van der Waals surface area (Å²) in [5, 5.41) is 0. The third kappa shape index (κ3) is 3.22. The molecule has 104 valence electrons. The smallest absolute Gasteiger partial charge is 0.0622 e. The third-order valence-electron chi connectivity index (χ3n) is 3.87. The number of thioether (sulfide) groups is 1. The Bertz CT molecular complexity index is 528. The molecule has 0 N–H and O–H groups in total. The minimum absolute atomic E-state index is 0.464. The topological polar surface area (TPSA) is 0 Å². The molecule has 0 amide bonds. The van der Waals surface area contributed by atoms with Crippen LogP contribution >= 0.6 is 34.4 Å². The van der Waals surface area contributed by atoms with Crippen molar-refractivity contribution < 1.29 is 0 Å². The van der Waals surface area contributed by atoms with Gasteiger partial charge in [0, 0.05) is 4.90 Å². The van der Waals surface area contributed by atoms with Gasteiger partial charge in [0.1, 0.15) is 0 Å². The fraction of sp³-hybridized carbons (Fsp3) is 0.333. The fourth-order valence-electron chi connectivity index (χ4n) is 2.77. The van der Waals surface area contributed by atoms with E-state index in [0.717, 1.165) is 0 Å². The molecule has 0 saturated carbocycles. The Labute approximate surface area is 139 Å². The molecular weight excluding hydrogens is 375 g/mol. The van der Waals surface area contributed by atoms with Crippen molar-refractivity contribution in [2.75, 3.05) is 5.75 Å². The monoisotopic (exact) mass is 394 g/mol. The largest absolute Gasteiger partial charge is 0.126 e. The predicted octanol–water partition coefficient (Wildman–Crippen LogP) is 6.03. The lowest BCUT2D eigenvalue weighted by atomic mass is 9.96. The first-order valence-electron chi connectivity index (χ1n) is 7.30. The van der Waals surface area contributed by atoms with Crippen LogP contribution in [-0.2, 0) is 6.42 Å². The molecule has 2 aromatic rings. The van der Waals surface area contributed by atoms with Gasteiger partial charge in [-0.25, -0.2) is 0 Å². The Morgan fingerprint density at radius 2 is 1.60 bits per heavy atom. The van der Waals surface area contributed by atoms with Crippen molar-refractivity contribution in [2.24, 2.45) is 0 Å². The molecule has 1 unspecified atom stereocenters. The maximum atomic E-state index is 2.61. The number of fused-ring (bicyclic) bond motifs is 2. The summed E-state index contributed by atoms with van der Waals surface area (Å²) >= 11 is 4.64. The number of aryl methyl sites for hydroxylation is 1. The summed E-state index contributed by atoms with van der Waals surface area (Å²) in [6, 6.07) is 17.9. The highest BCUT2D eigenvalue weighted by molar-refractivity contribution is 14.1. The first-order chi connectivity index (χ1) is 9.86. The third-order valence-corrected chi connectivity index (χ3v) is 6.39. The van der Waals surface area contributed by atoms with Crippen molar-refractivity contribution in [3.05, 3.63) is 65.2 Å². The zero-order valence-corrected chi connectivity index (χ0v) is 14.5. The molecule has 1 aliphatic heterocycles. The van der Waals surface area contributed by atoms with Crippen LogP contribution < -0.4 is 0 Å². The molecule has 2 heteroatoms. The molecule has 20 heavy (non-hydrogen) atoms. The molecule has 1 atom stereocenters. The molecule has 1 heterocycles. The fourth-order valence-corrected chi connectivity index (χ4v) is 5.23. The number of benzene rings is 2. The van der Waals surface area contributed by atoms with Crippen LogP contribution in [0.5, 0.6) is 0 Å². The van der Waals surface area contributed by atoms with E-state index in [0.29, 0.717) is 3.92 Å². The molecular formula is C18H19IS. The van der Waals surface area contributed by atoms with Crippen molar-refractivity contribution in [1.29, 1.82) is 0 Å². The van der Waals surface area contributed by atoms with Crippen LogP contribution in [0.3, 0.4) is 0 Å². The quantitative estimate of drug-likeness (QED) is 0.388. The van der Waals surface area contributed by atoms with Gasteiger partial charge in [-0.15, -0.1) is 11.8 Å². The van der Waals surface area contributed by atoms with E-state index in [4.69, 9.17) is 0 Å². The highest BCUT2D eigenvalue weighted by atomic mass is 127. The number of hydrogen-bond donors (Lipinski definition) is 0. The van der Waals surface area contributed by atoms with Gasteiger partial charge in [-0.05, 0) is 47.8 Å². The number of alkyl halides is 1. The van der Waals surface area contributed by atoms with Gasteiger partial charge in [-0.1, -0.05) is 71.5 Å². The van der Waals surface area contributed by atoms with Crippen LogP contribution in [0.25, 0.3) is 0 Å². The Balaban J connectivity index is 2.06. The van der Waals surface area contributed by atoms with Crippen molar-refractivity contribution in [3.63, 3.8) is 0 Å². The average Bonchev–Trinajstić information content (AvgIpc) is 2.53. The zero-order valence-electron chi connectivity index (χ0n) is 11.5. The van der Waals surface area contributed by atoms with E-state index in [2.05, 4.69) is 71.1 Å². The van der Waals surface area contributed by atoms with Gasteiger partial charge in [0.15, 0.2) is 0 Å². The Kier molecular flexibility index (Phi) is 5.05. The summed E-state index contributed by atoms with van der Waals surface area (Å²) in [4.78, 5) is 1.46. The van der Waals surface area contributed by atoms with Crippen LogP contribution in [-0.4, -0.2) is 5.75 Å². The first-order valence-corrected chi connectivity index (χ1v) is 9.53. The summed E-state index contributed by atoms with van der Waals surface area (Å²) in [7, 11) is 0. The standard InChI is InChI=1S/C18H19IS/c19-18-15-10-4-3-9-14(15)8-2-1-7-13-20-17-12-6-5-11-16(17)18/h3-6,9-12,18H,1-2,7-8,13H2. The second-order valence-electron chi connectivity index (χ2n) is 5.26. The van der Waals surface area contributed by atoms with Crippen LogP contribution in [0.2, 0.25) is 0 Å². The second kappa shape index (κ2) is 6.99. The molecule has 0 spiro atoms. The van der Waals surface area contributed by atoms with E-state index in [1.807, 2.05) is 11.8 Å². The van der Waals surface area contributed by atoms with Crippen molar-refractivity contribution in [2.45, 2.75) is 34.5 Å². The zero-order chi connectivity index (χ0) is 13.8. The Hall–Kier alpha value is -0.480. The second-order valence-corrected chi connectivity index (χ2v) is 7.64. The Morgan fingerprint density at radius 3 is 2.50 bits per heavy atom. The predicted molar refractivity (Wildman–Crippen MR) is 97.0 cm³/mol. The molecule has 0 radical (unpaired) electrons. The minimum atomic E-state index is 0.464. The van der Waals surface area contributed by atoms with Crippen LogP contribution in [0.4, 0.5) is 0 Å². The van der Waals surface area contributed by atoms with Crippen molar-refractivity contribution in [3.8, 4) is 0 Å². The molecule has 3 rings (SSSR count). The van der Waals surface area contributed by atoms with Crippen molar-refractivity contribution >= 4 is 34.4 Å². The van der Waals surface area contributed by atoms with E-state index in [-0.39, 0.29) is 0 Å². The molecule has 0 aromatic heterocycles. The van der Waals surface area contributed by atoms with Gasteiger partial charge in [0.05, 0.1) is 3.92 Å². The van der Waals surface area contributed by atoms with Crippen LogP contribution in [0.15, 0.2) is 53.4 Å². The van der Waals surface area contributed by atoms with Gasteiger partial charge in [0.25, 0.3) is 0 Å². The molecule has 0 saturated heterocycles. The average molecular weight is 394 g/mol. The highest BCUT2D eigenvalue weighted by Crippen LogP contribution is 2.39. The van der Waals surface area contributed by atoms with E-state index in [1.165, 1.54) is 53.0 Å². The summed E-state index contributed by atoms with van der Waals surface area (Å²) < 4.78 is 0.464. The first kappa shape index (κ1) is 14.5. The number of halogens is 1. The number of hydrogen-bond acceptors (Lipinski definition) is 1. The Morgan fingerprint density at radius 1 is 0.850 bits per heavy atom. The molecule has 1 aliphatic rings. The van der Waals surface area contributed by atoms with E-state index in [9.17, 15) is 0 Å². The van der Waals surface area contributed by atoms with E-state index < -0.39 is 0 Å². The summed E-state index contributed by atoms with van der Waals surface area (Å²) in [5.41, 5.74) is 4.52. The molecule has 0 nitrogen and oxygen atoms in total. The van der Waals surface area contributed by atoms with Crippen LogP contribution in [0, 0.1) is 0 Å². The van der Waals surface area contributed by atoms with Crippen molar-refractivity contribution in [1.82, 2.24) is 0 Å². The minimum Gasteiger partial charge on any atom is -0.126 e. The van der Waals surface area contributed by atoms with Gasteiger partial charge >= 0.3 is 0 Å². The molecule has 0 fully saturated rings. The summed E-state index contributed by atoms with van der Waals surface area (Å²) in [5.74, 6) is 1.25. The maximum Gasteiger partial charge on any atom is 0.0622 e. The summed E-state index contributed by atoms with van der Waals surface area (Å²) in [6.07, 6.45) is 5.21. The van der Waals surface area contributed by atoms with Crippen LogP contribution in [0.1, 0.15) is 39.9 Å². The lowest BCUT2D eigenvalue weighted by Gasteiger charge is -2.17. The van der Waals surface area contributed by atoms with Gasteiger partial charge in [-0.2, -0.15) is 0 Å². The van der Waals surface area contributed by atoms with E-state index >= 15 is 0 Å². The molecule has 0 bridgehead atoms. The lowest BCUT2D eigenvalue weighted by Crippen LogP contribution is -1.99. The molecule has 0 aliphatic carbocycles. The van der Waals surface area contributed by atoms with Gasteiger partial charge < -0.3 is 0 Å². The lowest BCUT2D eigenvalue weighted by molar-refractivity contribution is 0.720. The van der Waals surface area contributed by atoms with Gasteiger partial charge in [0.2, 0.25) is 0 Å². The van der Waals surface area contributed by atoms with Gasteiger partial charge in [-0.3, -0.25) is 0 Å². The summed E-state index contributed by atoms with van der Waals surface area (Å²) in [6.45, 7) is 0.